The van der Waals surface area contributed by atoms with Crippen LogP contribution in [0.3, 0.4) is 0 Å². The van der Waals surface area contributed by atoms with Crippen LogP contribution in [-0.4, -0.2) is 53.1 Å². The molecule has 1 aromatic heterocycles. The highest BCUT2D eigenvalue weighted by Crippen LogP contribution is 2.36. The molecule has 0 amide bonds. The van der Waals surface area contributed by atoms with Crippen LogP contribution in [0.2, 0.25) is 0 Å². The van der Waals surface area contributed by atoms with Crippen LogP contribution in [-0.2, 0) is 10.2 Å². The number of halogens is 3. The molecule has 0 bridgehead atoms. The van der Waals surface area contributed by atoms with Gasteiger partial charge in [-0.25, -0.2) is 4.98 Å². The summed E-state index contributed by atoms with van der Waals surface area (Å²) in [7, 11) is 1.63. The highest BCUT2D eigenvalue weighted by molar-refractivity contribution is 6.66. The van der Waals surface area contributed by atoms with Gasteiger partial charge < -0.3 is 15.0 Å². The van der Waals surface area contributed by atoms with Crippen molar-refractivity contribution in [3.63, 3.8) is 0 Å². The third-order valence-corrected chi connectivity index (χ3v) is 4.57. The van der Waals surface area contributed by atoms with Crippen molar-refractivity contribution in [1.82, 2.24) is 19.9 Å². The predicted octanol–water partition coefficient (Wildman–Crippen LogP) is 4.05. The van der Waals surface area contributed by atoms with E-state index >= 15 is 0 Å². The van der Waals surface area contributed by atoms with Crippen LogP contribution in [0.25, 0.3) is 0 Å². The Morgan fingerprint density at radius 3 is 2.26 bits per heavy atom. The van der Waals surface area contributed by atoms with Gasteiger partial charge in [-0.05, 0) is 30.8 Å². The second kappa shape index (κ2) is 10.3. The Kier molecular flexibility index (Phi) is 8.35. The molecule has 6 nitrogen and oxygen atoms in total. The summed E-state index contributed by atoms with van der Waals surface area (Å²) in [5.74, 6) is 1.83. The number of nitrogens with zero attached hydrogens (tertiary/aromatic N) is 4. The standard InChI is InChI=1S/C18H24Cl3N5O/c1-4-26(5-2)11-10-22-17-24-15(23-16(25-17)18(19,20)21)12-13-6-8-14(27-3)9-7-13/h6-9H,4-5,10-12H2,1-3H3,(H,22,23,24,25). The van der Waals surface area contributed by atoms with Crippen LogP contribution in [0, 0.1) is 0 Å². The molecule has 0 fully saturated rings. The van der Waals surface area contributed by atoms with Gasteiger partial charge in [0.25, 0.3) is 0 Å². The van der Waals surface area contributed by atoms with Crippen molar-refractivity contribution >= 4 is 40.8 Å². The van der Waals surface area contributed by atoms with Crippen LogP contribution in [0.5, 0.6) is 5.75 Å². The van der Waals surface area contributed by atoms with E-state index in [2.05, 4.69) is 39.0 Å². The Labute approximate surface area is 175 Å². The summed E-state index contributed by atoms with van der Waals surface area (Å²) in [5.41, 5.74) is 1.02. The van der Waals surface area contributed by atoms with Gasteiger partial charge in [-0.3, -0.25) is 0 Å². The quantitative estimate of drug-likeness (QED) is 0.603. The maximum Gasteiger partial charge on any atom is 0.250 e. The summed E-state index contributed by atoms with van der Waals surface area (Å²) in [4.78, 5) is 15.3. The molecular weight excluding hydrogens is 409 g/mol. The molecule has 0 aliphatic carbocycles. The molecule has 0 unspecified atom stereocenters. The van der Waals surface area contributed by atoms with E-state index in [0.29, 0.717) is 24.7 Å². The van der Waals surface area contributed by atoms with E-state index < -0.39 is 3.79 Å². The number of benzene rings is 1. The molecule has 27 heavy (non-hydrogen) atoms. The molecule has 9 heteroatoms. The van der Waals surface area contributed by atoms with E-state index in [1.807, 2.05) is 24.3 Å². The molecule has 0 radical (unpaired) electrons. The molecule has 0 saturated heterocycles. The van der Waals surface area contributed by atoms with Crippen molar-refractivity contribution < 1.29 is 4.74 Å². The molecule has 0 saturated carbocycles. The van der Waals surface area contributed by atoms with Crippen LogP contribution in [0.1, 0.15) is 31.1 Å². The molecule has 0 aliphatic rings. The highest BCUT2D eigenvalue weighted by Gasteiger charge is 2.28. The highest BCUT2D eigenvalue weighted by atomic mass is 35.6. The number of aromatic nitrogens is 3. The summed E-state index contributed by atoms with van der Waals surface area (Å²) >= 11 is 18.0. The topological polar surface area (TPSA) is 63.2 Å². The molecule has 148 valence electrons. The van der Waals surface area contributed by atoms with Crippen molar-refractivity contribution in [3.8, 4) is 5.75 Å². The lowest BCUT2D eigenvalue weighted by molar-refractivity contribution is 0.315. The van der Waals surface area contributed by atoms with E-state index in [4.69, 9.17) is 39.5 Å². The van der Waals surface area contributed by atoms with E-state index in [1.54, 1.807) is 7.11 Å². The maximum atomic E-state index is 6.00. The first-order chi connectivity index (χ1) is 12.9. The number of ether oxygens (including phenoxy) is 1. The number of methoxy groups -OCH3 is 1. The van der Waals surface area contributed by atoms with Crippen LogP contribution >= 0.6 is 34.8 Å². The largest absolute Gasteiger partial charge is 0.497 e. The molecular formula is C18H24Cl3N5O. The second-order valence-corrected chi connectivity index (χ2v) is 8.16. The first kappa shape index (κ1) is 22.0. The van der Waals surface area contributed by atoms with E-state index in [-0.39, 0.29) is 5.82 Å². The normalized spacial score (nSPS) is 11.7. The third kappa shape index (κ3) is 6.96. The average molecular weight is 433 g/mol. The Morgan fingerprint density at radius 2 is 1.70 bits per heavy atom. The van der Waals surface area contributed by atoms with E-state index in [0.717, 1.165) is 30.9 Å². The fourth-order valence-corrected chi connectivity index (χ4v) is 2.75. The molecule has 1 N–H and O–H groups in total. The summed E-state index contributed by atoms with van der Waals surface area (Å²) in [6.45, 7) is 7.78. The van der Waals surface area contributed by atoms with Gasteiger partial charge in [-0.15, -0.1) is 0 Å². The van der Waals surface area contributed by atoms with Crippen molar-refractivity contribution in [1.29, 1.82) is 0 Å². The van der Waals surface area contributed by atoms with Crippen molar-refractivity contribution in [3.05, 3.63) is 41.5 Å². The summed E-state index contributed by atoms with van der Waals surface area (Å²) < 4.78 is 3.46. The minimum atomic E-state index is -1.72. The fraction of sp³-hybridized carbons (Fsp3) is 0.500. The monoisotopic (exact) mass is 431 g/mol. The molecule has 2 rings (SSSR count). The zero-order valence-electron chi connectivity index (χ0n) is 15.7. The van der Waals surface area contributed by atoms with Gasteiger partial charge in [0.05, 0.1) is 7.11 Å². The fourth-order valence-electron chi connectivity index (χ4n) is 2.50. The van der Waals surface area contributed by atoms with Crippen LogP contribution < -0.4 is 10.1 Å². The Morgan fingerprint density at radius 1 is 1.04 bits per heavy atom. The zero-order chi connectivity index (χ0) is 19.9. The van der Waals surface area contributed by atoms with Gasteiger partial charge in [0.15, 0.2) is 5.82 Å². The Hall–Kier alpha value is -1.34. The van der Waals surface area contributed by atoms with Gasteiger partial charge in [0.1, 0.15) is 11.6 Å². The van der Waals surface area contributed by atoms with E-state index in [9.17, 15) is 0 Å². The average Bonchev–Trinajstić information content (AvgIpc) is 2.65. The number of rotatable bonds is 9. The Balaban J connectivity index is 2.17. The first-order valence-corrected chi connectivity index (χ1v) is 9.90. The lowest BCUT2D eigenvalue weighted by Gasteiger charge is -2.18. The molecule has 0 atom stereocenters. The molecule has 0 aliphatic heterocycles. The van der Waals surface area contributed by atoms with Crippen LogP contribution in [0.4, 0.5) is 5.95 Å². The number of alkyl halides is 3. The van der Waals surface area contributed by atoms with Gasteiger partial charge in [-0.2, -0.15) is 9.97 Å². The van der Waals surface area contributed by atoms with Gasteiger partial charge in [0, 0.05) is 19.5 Å². The lowest BCUT2D eigenvalue weighted by atomic mass is 10.1. The van der Waals surface area contributed by atoms with Gasteiger partial charge in [-0.1, -0.05) is 60.8 Å². The lowest BCUT2D eigenvalue weighted by Crippen LogP contribution is -2.29. The zero-order valence-corrected chi connectivity index (χ0v) is 17.9. The minimum Gasteiger partial charge on any atom is -0.497 e. The molecule has 2 aromatic rings. The number of hydrogen-bond donors (Lipinski definition) is 1. The summed E-state index contributed by atoms with van der Waals surface area (Å²) in [6, 6.07) is 7.67. The third-order valence-electron chi connectivity index (χ3n) is 4.06. The number of likely N-dealkylation sites (N-methyl/N-ethyl adjacent to an activating group) is 1. The minimum absolute atomic E-state index is 0.108. The number of anilines is 1. The SMILES string of the molecule is CCN(CC)CCNc1nc(Cc2ccc(OC)cc2)nc(C(Cl)(Cl)Cl)n1. The number of nitrogens with one attached hydrogen (secondary N) is 1. The van der Waals surface area contributed by atoms with Crippen LogP contribution in [0.15, 0.2) is 24.3 Å². The first-order valence-electron chi connectivity index (χ1n) is 8.77. The van der Waals surface area contributed by atoms with Crippen molar-refractivity contribution in [2.45, 2.75) is 24.1 Å². The van der Waals surface area contributed by atoms with Crippen molar-refractivity contribution in [2.75, 3.05) is 38.6 Å². The smallest absolute Gasteiger partial charge is 0.250 e. The molecule has 1 heterocycles. The van der Waals surface area contributed by atoms with Gasteiger partial charge >= 0.3 is 0 Å². The van der Waals surface area contributed by atoms with E-state index in [1.165, 1.54) is 0 Å². The van der Waals surface area contributed by atoms with Gasteiger partial charge in [0.2, 0.25) is 9.74 Å². The Bertz CT molecular complexity index is 718. The maximum absolute atomic E-state index is 6.00. The summed E-state index contributed by atoms with van der Waals surface area (Å²) in [5, 5.41) is 3.20. The predicted molar refractivity (Wildman–Crippen MR) is 111 cm³/mol. The van der Waals surface area contributed by atoms with Crippen molar-refractivity contribution in [2.24, 2.45) is 0 Å². The summed E-state index contributed by atoms with van der Waals surface area (Å²) in [6.07, 6.45) is 0.491. The number of hydrogen-bond acceptors (Lipinski definition) is 6. The molecule has 0 spiro atoms. The molecule has 1 aromatic carbocycles. The second-order valence-electron chi connectivity index (χ2n) is 5.88.